The Kier molecular flexibility index (Phi) is 9.27. The first-order chi connectivity index (χ1) is 12.2. The Morgan fingerprint density at radius 1 is 1.08 bits per heavy atom. The second-order valence-electron chi connectivity index (χ2n) is 7.54. The van der Waals surface area contributed by atoms with E-state index >= 15 is 0 Å². The number of aliphatic hydroxyl groups is 1. The number of aliphatic carboxylic acids is 1. The van der Waals surface area contributed by atoms with Gasteiger partial charge in [-0.05, 0) is 50.4 Å². The average Bonchev–Trinajstić information content (AvgIpc) is 2.63. The number of carboxylic acids is 1. The first kappa shape index (κ1) is 20.2. The monoisotopic (exact) mass is 350 g/mol. The first-order valence-electron chi connectivity index (χ1n) is 10.0. The molecule has 4 nitrogen and oxygen atoms in total. The normalized spacial score (nSPS) is 27.1. The first-order valence-corrected chi connectivity index (χ1v) is 10.0. The molecule has 25 heavy (non-hydrogen) atoms. The summed E-state index contributed by atoms with van der Waals surface area (Å²) in [6.07, 6.45) is 19.0. The predicted octanol–water partition coefficient (Wildman–Crippen LogP) is 4.48. The van der Waals surface area contributed by atoms with Crippen molar-refractivity contribution in [2.24, 2.45) is 11.8 Å². The molecular weight excluding hydrogens is 316 g/mol. The highest BCUT2D eigenvalue weighted by Crippen LogP contribution is 2.28. The van der Waals surface area contributed by atoms with Crippen molar-refractivity contribution in [2.75, 3.05) is 6.61 Å². The zero-order valence-corrected chi connectivity index (χ0v) is 15.3. The Bertz CT molecular complexity index is 437. The topological polar surface area (TPSA) is 66.8 Å². The lowest BCUT2D eigenvalue weighted by molar-refractivity contribution is -0.137. The van der Waals surface area contributed by atoms with Crippen molar-refractivity contribution in [3.8, 4) is 0 Å². The van der Waals surface area contributed by atoms with Gasteiger partial charge in [0.15, 0.2) is 0 Å². The van der Waals surface area contributed by atoms with Crippen LogP contribution in [-0.4, -0.2) is 35.0 Å². The molecule has 2 rings (SSSR count). The van der Waals surface area contributed by atoms with Crippen molar-refractivity contribution in [3.05, 3.63) is 24.3 Å². The van der Waals surface area contributed by atoms with Gasteiger partial charge in [0.2, 0.25) is 0 Å². The number of ether oxygens (including phenoxy) is 1. The molecule has 0 bridgehead atoms. The van der Waals surface area contributed by atoms with Crippen LogP contribution >= 0.6 is 0 Å². The molecule has 0 spiro atoms. The third-order valence-corrected chi connectivity index (χ3v) is 5.56. The second kappa shape index (κ2) is 11.5. The average molecular weight is 350 g/mol. The summed E-state index contributed by atoms with van der Waals surface area (Å²) in [5, 5.41) is 19.0. The van der Waals surface area contributed by atoms with Gasteiger partial charge in [0.25, 0.3) is 0 Å². The zero-order chi connectivity index (χ0) is 17.9. The third-order valence-electron chi connectivity index (χ3n) is 5.56. The van der Waals surface area contributed by atoms with Crippen molar-refractivity contribution in [3.63, 3.8) is 0 Å². The van der Waals surface area contributed by atoms with Crippen LogP contribution in [0.5, 0.6) is 0 Å². The van der Waals surface area contributed by atoms with Gasteiger partial charge in [0, 0.05) is 13.0 Å². The Morgan fingerprint density at radius 3 is 2.64 bits per heavy atom. The summed E-state index contributed by atoms with van der Waals surface area (Å²) < 4.78 is 5.89. The van der Waals surface area contributed by atoms with E-state index in [2.05, 4.69) is 6.08 Å². The summed E-state index contributed by atoms with van der Waals surface area (Å²) in [6.45, 7) is 0.801. The maximum absolute atomic E-state index is 10.6. The molecule has 1 aliphatic carbocycles. The van der Waals surface area contributed by atoms with Crippen LogP contribution in [-0.2, 0) is 9.53 Å². The van der Waals surface area contributed by atoms with Crippen LogP contribution in [0.1, 0.15) is 70.6 Å². The number of carbonyl (C=O) groups is 1. The maximum atomic E-state index is 10.6. The van der Waals surface area contributed by atoms with E-state index < -0.39 is 5.97 Å². The molecule has 2 aliphatic rings. The molecule has 0 aromatic heterocycles. The highest BCUT2D eigenvalue weighted by molar-refractivity contribution is 5.66. The van der Waals surface area contributed by atoms with Gasteiger partial charge >= 0.3 is 5.97 Å². The molecule has 0 radical (unpaired) electrons. The summed E-state index contributed by atoms with van der Waals surface area (Å²) >= 11 is 0. The molecule has 142 valence electrons. The van der Waals surface area contributed by atoms with Gasteiger partial charge in [0.1, 0.15) is 0 Å². The molecule has 3 atom stereocenters. The van der Waals surface area contributed by atoms with Crippen LogP contribution in [0.3, 0.4) is 0 Å². The summed E-state index contributed by atoms with van der Waals surface area (Å²) in [5.74, 6) is 0.194. The fraction of sp³-hybridized carbons (Fsp3) is 0.762. The Balaban J connectivity index is 1.74. The summed E-state index contributed by atoms with van der Waals surface area (Å²) in [4.78, 5) is 10.6. The van der Waals surface area contributed by atoms with E-state index in [1.54, 1.807) is 0 Å². The van der Waals surface area contributed by atoms with Crippen molar-refractivity contribution >= 4 is 5.97 Å². The molecule has 4 heteroatoms. The second-order valence-corrected chi connectivity index (χ2v) is 7.54. The minimum absolute atomic E-state index is 0.120. The molecule has 1 saturated carbocycles. The van der Waals surface area contributed by atoms with Gasteiger partial charge in [-0.2, -0.15) is 0 Å². The summed E-state index contributed by atoms with van der Waals surface area (Å²) in [7, 11) is 0. The molecule has 1 aliphatic heterocycles. The van der Waals surface area contributed by atoms with E-state index in [0.29, 0.717) is 11.8 Å². The molecule has 1 saturated heterocycles. The fourth-order valence-corrected chi connectivity index (χ4v) is 4.05. The Morgan fingerprint density at radius 2 is 1.88 bits per heavy atom. The van der Waals surface area contributed by atoms with E-state index in [0.717, 1.165) is 51.6 Å². The van der Waals surface area contributed by atoms with Crippen LogP contribution in [0.2, 0.25) is 0 Å². The highest BCUT2D eigenvalue weighted by Gasteiger charge is 2.23. The number of hydrogen-bond donors (Lipinski definition) is 2. The van der Waals surface area contributed by atoms with Gasteiger partial charge in [0.05, 0.1) is 12.2 Å². The van der Waals surface area contributed by atoms with E-state index in [1.807, 2.05) is 18.2 Å². The van der Waals surface area contributed by atoms with Crippen molar-refractivity contribution in [1.29, 1.82) is 0 Å². The molecule has 1 heterocycles. The molecular formula is C21H34O4. The van der Waals surface area contributed by atoms with Crippen molar-refractivity contribution in [2.45, 2.75) is 82.8 Å². The summed E-state index contributed by atoms with van der Waals surface area (Å²) in [6, 6.07) is 0. The molecule has 2 fully saturated rings. The van der Waals surface area contributed by atoms with E-state index in [1.165, 1.54) is 19.3 Å². The molecule has 2 N–H and O–H groups in total. The SMILES string of the molecule is O=C(O)CCCC[C@@H]1CCCO[C@H]1/C=C/C=C/[C@H](O)C1CCCCC1. The highest BCUT2D eigenvalue weighted by atomic mass is 16.5. The number of unbranched alkanes of at least 4 members (excludes halogenated alkanes) is 1. The van der Waals surface area contributed by atoms with E-state index in [4.69, 9.17) is 9.84 Å². The van der Waals surface area contributed by atoms with Crippen LogP contribution in [0.25, 0.3) is 0 Å². The van der Waals surface area contributed by atoms with Crippen LogP contribution in [0.15, 0.2) is 24.3 Å². The number of aliphatic hydroxyl groups excluding tert-OH is 1. The molecule has 0 amide bonds. The van der Waals surface area contributed by atoms with Crippen LogP contribution < -0.4 is 0 Å². The number of rotatable bonds is 9. The Hall–Kier alpha value is -1.13. The van der Waals surface area contributed by atoms with Crippen LogP contribution in [0.4, 0.5) is 0 Å². The lowest BCUT2D eigenvalue weighted by Crippen LogP contribution is -2.27. The molecule has 0 unspecified atom stereocenters. The van der Waals surface area contributed by atoms with Crippen LogP contribution in [0, 0.1) is 11.8 Å². The molecule has 0 aromatic rings. The van der Waals surface area contributed by atoms with Gasteiger partial charge in [-0.1, -0.05) is 50.0 Å². The van der Waals surface area contributed by atoms with Gasteiger partial charge in [-0.3, -0.25) is 4.79 Å². The third kappa shape index (κ3) is 7.74. The molecule has 0 aromatic carbocycles. The fourth-order valence-electron chi connectivity index (χ4n) is 4.05. The Labute approximate surface area is 152 Å². The van der Waals surface area contributed by atoms with Gasteiger partial charge < -0.3 is 14.9 Å². The lowest BCUT2D eigenvalue weighted by atomic mass is 9.85. The zero-order valence-electron chi connectivity index (χ0n) is 15.3. The smallest absolute Gasteiger partial charge is 0.303 e. The quantitative estimate of drug-likeness (QED) is 0.475. The predicted molar refractivity (Wildman–Crippen MR) is 99.4 cm³/mol. The van der Waals surface area contributed by atoms with Crippen molar-refractivity contribution in [1.82, 2.24) is 0 Å². The largest absolute Gasteiger partial charge is 0.481 e. The maximum Gasteiger partial charge on any atom is 0.303 e. The number of carboxylic acid groups (broad SMARTS) is 1. The standard InChI is InChI=1S/C21H34O4/c22-19(17-9-2-1-3-10-17)13-5-6-14-20-18(12-8-16-25-20)11-4-7-15-21(23)24/h5-6,13-14,17-20,22H,1-4,7-12,15-16H2,(H,23,24)/b13-5+,14-6+/t18-,19+,20+/m1/s1. The number of allylic oxidation sites excluding steroid dienone is 2. The lowest BCUT2D eigenvalue weighted by Gasteiger charge is -2.29. The van der Waals surface area contributed by atoms with E-state index in [9.17, 15) is 9.90 Å². The minimum Gasteiger partial charge on any atom is -0.481 e. The minimum atomic E-state index is -0.710. The summed E-state index contributed by atoms with van der Waals surface area (Å²) in [5.41, 5.74) is 0. The van der Waals surface area contributed by atoms with Crippen molar-refractivity contribution < 1.29 is 19.7 Å². The van der Waals surface area contributed by atoms with Gasteiger partial charge in [-0.25, -0.2) is 0 Å². The van der Waals surface area contributed by atoms with E-state index in [-0.39, 0.29) is 18.6 Å². The number of hydrogen-bond acceptors (Lipinski definition) is 3. The van der Waals surface area contributed by atoms with Gasteiger partial charge in [-0.15, -0.1) is 0 Å².